The fourth-order valence-electron chi connectivity index (χ4n) is 2.50. The molecule has 1 aliphatic heterocycles. The summed E-state index contributed by atoms with van der Waals surface area (Å²) in [6.07, 6.45) is 4.00. The zero-order valence-electron chi connectivity index (χ0n) is 11.2. The van der Waals surface area contributed by atoms with Crippen LogP contribution in [0.3, 0.4) is 0 Å². The average molecular weight is 267 g/mol. The predicted octanol–water partition coefficient (Wildman–Crippen LogP) is 3.48. The molecular formula is C15H23ClN2. The van der Waals surface area contributed by atoms with Crippen molar-refractivity contribution in [1.29, 1.82) is 0 Å². The highest BCUT2D eigenvalue weighted by atomic mass is 35.5. The van der Waals surface area contributed by atoms with E-state index in [1.165, 1.54) is 44.5 Å². The lowest BCUT2D eigenvalue weighted by Gasteiger charge is -2.17. The minimum Gasteiger partial charge on any atom is -0.310 e. The van der Waals surface area contributed by atoms with Crippen molar-refractivity contribution in [3.05, 3.63) is 34.9 Å². The maximum Gasteiger partial charge on any atom is 0.0406 e. The fraction of sp³-hybridized carbons (Fsp3) is 0.600. The average Bonchev–Trinajstić information content (AvgIpc) is 2.88. The van der Waals surface area contributed by atoms with Gasteiger partial charge in [0.2, 0.25) is 0 Å². The van der Waals surface area contributed by atoms with Crippen LogP contribution in [-0.2, 0) is 0 Å². The Balaban J connectivity index is 1.64. The van der Waals surface area contributed by atoms with E-state index in [4.69, 9.17) is 11.6 Å². The summed E-state index contributed by atoms with van der Waals surface area (Å²) < 4.78 is 0. The van der Waals surface area contributed by atoms with E-state index < -0.39 is 0 Å². The minimum absolute atomic E-state index is 0.404. The van der Waals surface area contributed by atoms with Gasteiger partial charge in [0.05, 0.1) is 0 Å². The number of benzene rings is 1. The van der Waals surface area contributed by atoms with Crippen LogP contribution in [0.1, 0.15) is 37.8 Å². The first-order valence-corrected chi connectivity index (χ1v) is 7.35. The van der Waals surface area contributed by atoms with Crippen LogP contribution in [-0.4, -0.2) is 31.1 Å². The van der Waals surface area contributed by atoms with Crippen molar-refractivity contribution < 1.29 is 0 Å². The molecule has 0 amide bonds. The summed E-state index contributed by atoms with van der Waals surface area (Å²) in [5.41, 5.74) is 1.31. The van der Waals surface area contributed by atoms with E-state index in [0.29, 0.717) is 6.04 Å². The van der Waals surface area contributed by atoms with E-state index in [1.807, 2.05) is 12.1 Å². The van der Waals surface area contributed by atoms with E-state index in [0.717, 1.165) is 11.6 Å². The third-order valence-electron chi connectivity index (χ3n) is 3.67. The fourth-order valence-corrected chi connectivity index (χ4v) is 2.62. The molecule has 1 aromatic carbocycles. The zero-order valence-corrected chi connectivity index (χ0v) is 11.9. The van der Waals surface area contributed by atoms with E-state index >= 15 is 0 Å². The Kier molecular flexibility index (Phi) is 5.48. The van der Waals surface area contributed by atoms with Crippen molar-refractivity contribution in [2.24, 2.45) is 0 Å². The first-order chi connectivity index (χ1) is 8.75. The standard InChI is InChI=1S/C15H23ClN2/c1-13(14-5-7-15(16)8-6-14)17-9-4-12-18-10-2-3-11-18/h5-8,13,17H,2-4,9-12H2,1H3/t13-/m1/s1. The molecule has 3 heteroatoms. The molecule has 100 valence electrons. The summed E-state index contributed by atoms with van der Waals surface area (Å²) in [5, 5.41) is 4.38. The highest BCUT2D eigenvalue weighted by Crippen LogP contribution is 2.16. The summed E-state index contributed by atoms with van der Waals surface area (Å²) in [5.74, 6) is 0. The Labute approximate surface area is 115 Å². The Bertz CT molecular complexity index is 344. The lowest BCUT2D eigenvalue weighted by atomic mass is 10.1. The number of nitrogens with zero attached hydrogens (tertiary/aromatic N) is 1. The van der Waals surface area contributed by atoms with Crippen molar-refractivity contribution in [1.82, 2.24) is 10.2 Å². The Morgan fingerprint density at radius 2 is 1.89 bits per heavy atom. The van der Waals surface area contributed by atoms with Crippen molar-refractivity contribution in [2.75, 3.05) is 26.2 Å². The molecule has 0 bridgehead atoms. The summed E-state index contributed by atoms with van der Waals surface area (Å²) in [6, 6.07) is 8.51. The monoisotopic (exact) mass is 266 g/mol. The smallest absolute Gasteiger partial charge is 0.0406 e. The molecule has 1 aliphatic rings. The third-order valence-corrected chi connectivity index (χ3v) is 3.92. The van der Waals surface area contributed by atoms with E-state index in [2.05, 4.69) is 29.3 Å². The number of halogens is 1. The molecule has 2 rings (SSSR count). The molecule has 0 spiro atoms. The van der Waals surface area contributed by atoms with Gasteiger partial charge in [-0.25, -0.2) is 0 Å². The van der Waals surface area contributed by atoms with Crippen molar-refractivity contribution >= 4 is 11.6 Å². The molecule has 0 saturated carbocycles. The number of likely N-dealkylation sites (tertiary alicyclic amines) is 1. The largest absolute Gasteiger partial charge is 0.310 e. The van der Waals surface area contributed by atoms with Crippen molar-refractivity contribution in [2.45, 2.75) is 32.2 Å². The van der Waals surface area contributed by atoms with Crippen LogP contribution < -0.4 is 5.32 Å². The van der Waals surface area contributed by atoms with Gasteiger partial charge in [0.15, 0.2) is 0 Å². The van der Waals surface area contributed by atoms with E-state index in [1.54, 1.807) is 0 Å². The lowest BCUT2D eigenvalue weighted by Crippen LogP contribution is -2.26. The van der Waals surface area contributed by atoms with Crippen LogP contribution in [0.15, 0.2) is 24.3 Å². The third kappa shape index (κ3) is 4.27. The highest BCUT2D eigenvalue weighted by molar-refractivity contribution is 6.30. The van der Waals surface area contributed by atoms with E-state index in [9.17, 15) is 0 Å². The quantitative estimate of drug-likeness (QED) is 0.793. The first-order valence-electron chi connectivity index (χ1n) is 6.97. The number of nitrogens with one attached hydrogen (secondary N) is 1. The van der Waals surface area contributed by atoms with Crippen LogP contribution in [0.2, 0.25) is 5.02 Å². The molecule has 0 unspecified atom stereocenters. The summed E-state index contributed by atoms with van der Waals surface area (Å²) in [6.45, 7) is 7.12. The van der Waals surface area contributed by atoms with Crippen LogP contribution in [0.4, 0.5) is 0 Å². The van der Waals surface area contributed by atoms with Crippen LogP contribution in [0.5, 0.6) is 0 Å². The predicted molar refractivity (Wildman–Crippen MR) is 78.2 cm³/mol. The zero-order chi connectivity index (χ0) is 12.8. The van der Waals surface area contributed by atoms with Gasteiger partial charge in [-0.1, -0.05) is 23.7 Å². The minimum atomic E-state index is 0.404. The van der Waals surface area contributed by atoms with Crippen LogP contribution in [0, 0.1) is 0 Å². The molecule has 1 N–H and O–H groups in total. The summed E-state index contributed by atoms with van der Waals surface area (Å²) >= 11 is 5.89. The second-order valence-corrected chi connectivity index (χ2v) is 5.57. The van der Waals surface area contributed by atoms with E-state index in [-0.39, 0.29) is 0 Å². The van der Waals surface area contributed by atoms with Crippen molar-refractivity contribution in [3.8, 4) is 0 Å². The van der Waals surface area contributed by atoms with Gasteiger partial charge in [-0.3, -0.25) is 0 Å². The maximum atomic E-state index is 5.89. The van der Waals surface area contributed by atoms with Crippen LogP contribution >= 0.6 is 11.6 Å². The van der Waals surface area contributed by atoms with Gasteiger partial charge in [-0.2, -0.15) is 0 Å². The normalized spacial score (nSPS) is 18.1. The summed E-state index contributed by atoms with van der Waals surface area (Å²) in [7, 11) is 0. The Morgan fingerprint density at radius 3 is 2.56 bits per heavy atom. The molecular weight excluding hydrogens is 244 g/mol. The Hall–Kier alpha value is -0.570. The Morgan fingerprint density at radius 1 is 1.22 bits per heavy atom. The highest BCUT2D eigenvalue weighted by Gasteiger charge is 2.10. The second-order valence-electron chi connectivity index (χ2n) is 5.13. The topological polar surface area (TPSA) is 15.3 Å². The molecule has 1 atom stereocenters. The van der Waals surface area contributed by atoms with Gasteiger partial charge in [0, 0.05) is 11.1 Å². The van der Waals surface area contributed by atoms with Gasteiger partial charge < -0.3 is 10.2 Å². The molecule has 0 aliphatic carbocycles. The second kappa shape index (κ2) is 7.13. The molecule has 0 radical (unpaired) electrons. The number of hydrogen-bond donors (Lipinski definition) is 1. The molecule has 2 nitrogen and oxygen atoms in total. The maximum absolute atomic E-state index is 5.89. The van der Waals surface area contributed by atoms with Crippen molar-refractivity contribution in [3.63, 3.8) is 0 Å². The molecule has 0 aromatic heterocycles. The van der Waals surface area contributed by atoms with Gasteiger partial charge in [-0.05, 0) is 70.1 Å². The van der Waals surface area contributed by atoms with Gasteiger partial charge in [0.25, 0.3) is 0 Å². The SMILES string of the molecule is C[C@@H](NCCCN1CCCC1)c1ccc(Cl)cc1. The van der Waals surface area contributed by atoms with Gasteiger partial charge in [0.1, 0.15) is 0 Å². The number of rotatable bonds is 6. The van der Waals surface area contributed by atoms with Crippen LogP contribution in [0.25, 0.3) is 0 Å². The van der Waals surface area contributed by atoms with Gasteiger partial charge >= 0.3 is 0 Å². The first kappa shape index (κ1) is 13.9. The molecule has 1 heterocycles. The summed E-state index contributed by atoms with van der Waals surface area (Å²) in [4.78, 5) is 2.56. The lowest BCUT2D eigenvalue weighted by molar-refractivity contribution is 0.328. The number of hydrogen-bond acceptors (Lipinski definition) is 2. The molecule has 1 fully saturated rings. The molecule has 18 heavy (non-hydrogen) atoms. The van der Waals surface area contributed by atoms with Gasteiger partial charge in [-0.15, -0.1) is 0 Å². The molecule has 1 aromatic rings. The molecule has 1 saturated heterocycles.